The fraction of sp³-hybridized carbons (Fsp3) is 0.259. The van der Waals surface area contributed by atoms with Crippen LogP contribution in [0.15, 0.2) is 73.2 Å². The topological polar surface area (TPSA) is 112 Å². The number of halogens is 4. The summed E-state index contributed by atoms with van der Waals surface area (Å²) in [6, 6.07) is 15.3. The molecule has 0 spiro atoms. The largest absolute Gasteiger partial charge is 0.489 e. The number of rotatable bonds is 13. The molecule has 216 valence electrons. The van der Waals surface area contributed by atoms with Gasteiger partial charge in [0.05, 0.1) is 19.4 Å². The van der Waals surface area contributed by atoms with Gasteiger partial charge >= 0.3 is 6.18 Å². The van der Waals surface area contributed by atoms with Crippen LogP contribution in [0.1, 0.15) is 26.4 Å². The van der Waals surface area contributed by atoms with Crippen LogP contribution in [0.2, 0.25) is 0 Å². The van der Waals surface area contributed by atoms with Crippen molar-refractivity contribution in [2.75, 3.05) is 33.0 Å². The average Bonchev–Trinajstić information content (AvgIpc) is 3.68. The second-order valence-electron chi connectivity index (χ2n) is 8.62. The summed E-state index contributed by atoms with van der Waals surface area (Å²) >= 11 is 0. The Balaban J connectivity index is 1.46. The fourth-order valence-electron chi connectivity index (χ4n) is 3.70. The van der Waals surface area contributed by atoms with Gasteiger partial charge in [0.1, 0.15) is 31.3 Å². The summed E-state index contributed by atoms with van der Waals surface area (Å²) in [6.45, 7) is -2.11. The van der Waals surface area contributed by atoms with Crippen LogP contribution in [-0.2, 0) is 11.3 Å². The normalized spacial score (nSPS) is 11.3. The van der Waals surface area contributed by atoms with E-state index >= 15 is 0 Å². The Morgan fingerprint density at radius 3 is 2.49 bits per heavy atom. The predicted molar refractivity (Wildman–Crippen MR) is 139 cm³/mol. The summed E-state index contributed by atoms with van der Waals surface area (Å²) in [4.78, 5) is 25.0. The summed E-state index contributed by atoms with van der Waals surface area (Å²) in [5, 5.41) is 12.5. The quantitative estimate of drug-likeness (QED) is 0.186. The van der Waals surface area contributed by atoms with E-state index in [4.69, 9.17) is 9.47 Å². The van der Waals surface area contributed by atoms with Gasteiger partial charge in [0.25, 0.3) is 11.8 Å². The van der Waals surface area contributed by atoms with Crippen molar-refractivity contribution in [2.45, 2.75) is 12.7 Å². The van der Waals surface area contributed by atoms with Gasteiger partial charge in [-0.1, -0.05) is 17.3 Å². The van der Waals surface area contributed by atoms with E-state index in [0.29, 0.717) is 0 Å². The number of aromatic nitrogens is 4. The van der Waals surface area contributed by atoms with Crippen LogP contribution in [0.4, 0.5) is 17.6 Å². The second-order valence-corrected chi connectivity index (χ2v) is 8.62. The molecule has 2 aromatic carbocycles. The number of hydrogen-bond acceptors (Lipinski definition) is 6. The Bertz CT molecular complexity index is 1460. The third-order valence-electron chi connectivity index (χ3n) is 5.62. The van der Waals surface area contributed by atoms with Crippen LogP contribution in [0, 0.1) is 0 Å². The highest BCUT2D eigenvalue weighted by Crippen LogP contribution is 2.25. The number of hydrogen-bond donors (Lipinski definition) is 2. The van der Waals surface area contributed by atoms with Crippen molar-refractivity contribution in [1.29, 1.82) is 0 Å². The minimum absolute atomic E-state index is 0.00390. The average molecular weight is 575 g/mol. The van der Waals surface area contributed by atoms with Crippen LogP contribution in [0.3, 0.4) is 0 Å². The molecule has 2 aromatic heterocycles. The molecule has 4 rings (SSSR count). The molecule has 0 aliphatic rings. The number of amides is 2. The lowest BCUT2D eigenvalue weighted by molar-refractivity contribution is -0.123. The van der Waals surface area contributed by atoms with Gasteiger partial charge in [0.15, 0.2) is 5.69 Å². The molecule has 2 heterocycles. The van der Waals surface area contributed by atoms with Crippen molar-refractivity contribution < 1.29 is 36.6 Å². The minimum Gasteiger partial charge on any atom is -0.489 e. The lowest BCUT2D eigenvalue weighted by Gasteiger charge is -2.14. The highest BCUT2D eigenvalue weighted by molar-refractivity contribution is 5.95. The van der Waals surface area contributed by atoms with Crippen LogP contribution in [-0.4, -0.2) is 70.6 Å². The molecule has 0 radical (unpaired) electrons. The van der Waals surface area contributed by atoms with E-state index in [-0.39, 0.29) is 49.1 Å². The molecule has 0 fully saturated rings. The molecule has 0 atom stereocenters. The molecular weight excluding hydrogens is 548 g/mol. The van der Waals surface area contributed by atoms with Crippen molar-refractivity contribution in [2.24, 2.45) is 0 Å². The van der Waals surface area contributed by atoms with Gasteiger partial charge in [-0.3, -0.25) is 9.59 Å². The summed E-state index contributed by atoms with van der Waals surface area (Å²) < 4.78 is 63.7. The van der Waals surface area contributed by atoms with Crippen molar-refractivity contribution in [3.63, 3.8) is 0 Å². The number of ether oxygens (including phenoxy) is 2. The van der Waals surface area contributed by atoms with Gasteiger partial charge in [0, 0.05) is 30.2 Å². The van der Waals surface area contributed by atoms with Gasteiger partial charge in [-0.2, -0.15) is 13.2 Å². The van der Waals surface area contributed by atoms with Gasteiger partial charge in [-0.15, -0.1) is 5.10 Å². The number of carbonyl (C=O) groups is 2. The predicted octanol–water partition coefficient (Wildman–Crippen LogP) is 3.65. The number of carbonyl (C=O) groups excluding carboxylic acids is 2. The first-order valence-corrected chi connectivity index (χ1v) is 12.4. The van der Waals surface area contributed by atoms with Crippen LogP contribution in [0.5, 0.6) is 5.75 Å². The maximum atomic E-state index is 12.8. The maximum absolute atomic E-state index is 12.8. The van der Waals surface area contributed by atoms with Gasteiger partial charge in [0.2, 0.25) is 0 Å². The molecule has 0 aliphatic heterocycles. The first kappa shape index (κ1) is 29.3. The molecule has 2 N–H and O–H groups in total. The van der Waals surface area contributed by atoms with Gasteiger partial charge in [-0.05, 0) is 48.0 Å². The van der Waals surface area contributed by atoms with Crippen molar-refractivity contribution in [3.8, 4) is 17.1 Å². The van der Waals surface area contributed by atoms with Crippen LogP contribution < -0.4 is 15.4 Å². The van der Waals surface area contributed by atoms with E-state index in [2.05, 4.69) is 15.6 Å². The monoisotopic (exact) mass is 574 g/mol. The Labute approximate surface area is 231 Å². The smallest absolute Gasteiger partial charge is 0.405 e. The lowest BCUT2D eigenvalue weighted by Crippen LogP contribution is -2.33. The lowest BCUT2D eigenvalue weighted by atomic mass is 10.1. The van der Waals surface area contributed by atoms with Gasteiger partial charge < -0.3 is 24.7 Å². The number of nitrogens with one attached hydrogen (secondary N) is 2. The van der Waals surface area contributed by atoms with Gasteiger partial charge in [-0.25, -0.2) is 9.07 Å². The number of nitrogens with zero attached hydrogens (tertiary/aromatic N) is 4. The third kappa shape index (κ3) is 8.38. The maximum Gasteiger partial charge on any atom is 0.405 e. The van der Waals surface area contributed by atoms with Crippen molar-refractivity contribution >= 4 is 11.8 Å². The van der Waals surface area contributed by atoms with E-state index in [0.717, 1.165) is 11.3 Å². The van der Waals surface area contributed by atoms with Crippen molar-refractivity contribution in [3.05, 3.63) is 90.0 Å². The van der Waals surface area contributed by atoms with E-state index in [1.807, 2.05) is 53.4 Å². The number of benzene rings is 2. The summed E-state index contributed by atoms with van der Waals surface area (Å²) in [5.74, 6) is -1.40. The highest BCUT2D eigenvalue weighted by Gasteiger charge is 2.28. The van der Waals surface area contributed by atoms with E-state index in [9.17, 15) is 27.2 Å². The van der Waals surface area contributed by atoms with E-state index in [1.54, 1.807) is 5.32 Å². The zero-order chi connectivity index (χ0) is 29.2. The van der Waals surface area contributed by atoms with E-state index < -0.39 is 31.2 Å². The zero-order valence-corrected chi connectivity index (χ0v) is 21.6. The first-order valence-electron chi connectivity index (χ1n) is 12.4. The van der Waals surface area contributed by atoms with Crippen molar-refractivity contribution in [1.82, 2.24) is 30.2 Å². The molecule has 4 aromatic rings. The Kier molecular flexibility index (Phi) is 9.68. The fourth-order valence-corrected chi connectivity index (χ4v) is 3.70. The summed E-state index contributed by atoms with van der Waals surface area (Å²) in [6.07, 6.45) is 0.585. The summed E-state index contributed by atoms with van der Waals surface area (Å²) in [5.41, 5.74) is 1.95. The molecule has 10 nitrogen and oxygen atoms in total. The molecule has 0 aliphatic carbocycles. The highest BCUT2D eigenvalue weighted by atomic mass is 19.4. The molecule has 0 saturated carbocycles. The molecule has 14 heteroatoms. The molecule has 41 heavy (non-hydrogen) atoms. The SMILES string of the molecule is O=C(NCC(F)(F)F)c1ccc(-n2cc(C(=O)NCc3cccc(-n4cccc4)c3)nn2)c(OCCOCCF)c1. The molecule has 0 saturated heterocycles. The second kappa shape index (κ2) is 13.6. The zero-order valence-electron chi connectivity index (χ0n) is 21.6. The molecule has 2 amide bonds. The molecular formula is C27H26F4N6O4. The van der Waals surface area contributed by atoms with Crippen LogP contribution in [0.25, 0.3) is 11.4 Å². The molecule has 0 bridgehead atoms. The Hall–Kier alpha value is -4.72. The number of alkyl halides is 4. The Morgan fingerprint density at radius 2 is 1.73 bits per heavy atom. The standard InChI is InChI=1S/C27H26F4N6O4/c28-8-11-40-12-13-41-24-15-20(25(38)33-18-27(29,30)31)6-7-23(24)37-17-22(34-35-37)26(39)32-16-19-4-3-5-21(14-19)36-9-1-2-10-36/h1-7,9-10,14-15,17H,8,11-13,16,18H2,(H,32,39)(H,33,38). The minimum atomic E-state index is -4.58. The summed E-state index contributed by atoms with van der Waals surface area (Å²) in [7, 11) is 0. The first-order chi connectivity index (χ1) is 19.7. The molecule has 0 unspecified atom stereocenters. The van der Waals surface area contributed by atoms with E-state index in [1.165, 1.54) is 29.1 Å². The third-order valence-corrected chi connectivity index (χ3v) is 5.62. The Morgan fingerprint density at radius 1 is 0.927 bits per heavy atom. The van der Waals surface area contributed by atoms with Crippen LogP contribution >= 0.6 is 0 Å².